The summed E-state index contributed by atoms with van der Waals surface area (Å²) in [5.41, 5.74) is 17.3. The minimum Gasteiger partial charge on any atom is -0.480 e. The molecule has 0 bridgehead atoms. The van der Waals surface area contributed by atoms with Gasteiger partial charge in [-0.15, -0.1) is 0 Å². The van der Waals surface area contributed by atoms with Crippen LogP contribution in [0.15, 0.2) is 35.3 Å². The van der Waals surface area contributed by atoms with Crippen LogP contribution in [0.5, 0.6) is 0 Å². The Balaban J connectivity index is 2.93. The average molecular weight is 524 g/mol. The average Bonchev–Trinajstić information content (AvgIpc) is 2.82. The van der Waals surface area contributed by atoms with Gasteiger partial charge in [-0.3, -0.25) is 19.4 Å². The van der Waals surface area contributed by atoms with Crippen LogP contribution >= 0.6 is 12.6 Å². The number of thiol groups is 1. The van der Waals surface area contributed by atoms with Gasteiger partial charge in [-0.05, 0) is 24.3 Å². The number of hydrogen-bond donors (Lipinski definition) is 8. The Labute approximate surface area is 216 Å². The molecule has 0 aliphatic carbocycles. The molecule has 4 atom stereocenters. The lowest BCUT2D eigenvalue weighted by atomic mass is 10.0. The predicted molar refractivity (Wildman–Crippen MR) is 140 cm³/mol. The number of carbonyl (C=O) groups is 4. The first-order chi connectivity index (χ1) is 17.0. The van der Waals surface area contributed by atoms with Crippen LogP contribution in [0.3, 0.4) is 0 Å². The van der Waals surface area contributed by atoms with Crippen molar-refractivity contribution in [1.82, 2.24) is 16.0 Å². The predicted octanol–water partition coefficient (Wildman–Crippen LogP) is -1.27. The second-order valence-corrected chi connectivity index (χ2v) is 8.98. The zero-order valence-corrected chi connectivity index (χ0v) is 21.4. The first kappa shape index (κ1) is 30.7. The highest BCUT2D eigenvalue weighted by atomic mass is 32.1. The summed E-state index contributed by atoms with van der Waals surface area (Å²) in [4.78, 5) is 53.8. The smallest absolute Gasteiger partial charge is 0.326 e. The Morgan fingerprint density at radius 1 is 0.972 bits per heavy atom. The van der Waals surface area contributed by atoms with Crippen LogP contribution in [0.2, 0.25) is 0 Å². The normalized spacial score (nSPS) is 14.1. The molecule has 12 nitrogen and oxygen atoms in total. The van der Waals surface area contributed by atoms with Crippen molar-refractivity contribution in [2.24, 2.45) is 28.1 Å². The van der Waals surface area contributed by atoms with Gasteiger partial charge >= 0.3 is 5.97 Å². The van der Waals surface area contributed by atoms with Crippen LogP contribution in [0, 0.1) is 5.92 Å². The Morgan fingerprint density at radius 2 is 1.56 bits per heavy atom. The number of nitrogens with two attached hydrogens (primary N) is 3. The summed E-state index contributed by atoms with van der Waals surface area (Å²) in [5, 5.41) is 17.0. The molecule has 0 aliphatic heterocycles. The number of nitrogens with zero attached hydrogens (tertiary/aromatic N) is 1. The fourth-order valence-corrected chi connectivity index (χ4v) is 3.48. The molecule has 4 unspecified atom stereocenters. The van der Waals surface area contributed by atoms with Gasteiger partial charge in [-0.1, -0.05) is 44.2 Å². The van der Waals surface area contributed by atoms with E-state index in [1.807, 2.05) is 6.07 Å². The molecule has 0 fully saturated rings. The number of amides is 3. The first-order valence-electron chi connectivity index (χ1n) is 11.6. The Kier molecular flexibility index (Phi) is 13.3. The lowest BCUT2D eigenvalue weighted by Crippen LogP contribution is -2.58. The highest BCUT2D eigenvalue weighted by molar-refractivity contribution is 7.80. The molecular weight excluding hydrogens is 486 g/mol. The van der Waals surface area contributed by atoms with Crippen LogP contribution in [0.1, 0.15) is 32.3 Å². The number of rotatable bonds is 15. The van der Waals surface area contributed by atoms with Crippen LogP contribution in [0.25, 0.3) is 0 Å². The van der Waals surface area contributed by atoms with E-state index < -0.39 is 47.9 Å². The second-order valence-electron chi connectivity index (χ2n) is 8.62. The summed E-state index contributed by atoms with van der Waals surface area (Å²) in [6, 6.07) is 4.80. The van der Waals surface area contributed by atoms with Crippen molar-refractivity contribution >= 4 is 42.3 Å². The first-order valence-corrected chi connectivity index (χ1v) is 12.2. The fraction of sp³-hybridized carbons (Fsp3) is 0.522. The van der Waals surface area contributed by atoms with E-state index in [0.29, 0.717) is 13.0 Å². The Morgan fingerprint density at radius 3 is 2.08 bits per heavy atom. The van der Waals surface area contributed by atoms with Gasteiger partial charge in [0.2, 0.25) is 17.7 Å². The van der Waals surface area contributed by atoms with E-state index >= 15 is 0 Å². The van der Waals surface area contributed by atoms with E-state index in [-0.39, 0.29) is 30.5 Å². The minimum absolute atomic E-state index is 0.0570. The number of guanidine groups is 1. The zero-order chi connectivity index (χ0) is 27.3. The van der Waals surface area contributed by atoms with Crippen molar-refractivity contribution in [3.05, 3.63) is 35.9 Å². The molecule has 13 heteroatoms. The number of carboxylic acid groups (broad SMARTS) is 1. The van der Waals surface area contributed by atoms with E-state index in [4.69, 9.17) is 17.2 Å². The highest BCUT2D eigenvalue weighted by Crippen LogP contribution is 2.07. The molecule has 3 amide bonds. The summed E-state index contributed by atoms with van der Waals surface area (Å²) >= 11 is 4.13. The van der Waals surface area contributed by atoms with Gasteiger partial charge in [0, 0.05) is 18.7 Å². The van der Waals surface area contributed by atoms with Crippen LogP contribution in [0.4, 0.5) is 0 Å². The van der Waals surface area contributed by atoms with Crippen molar-refractivity contribution < 1.29 is 24.3 Å². The maximum atomic E-state index is 13.1. The second kappa shape index (κ2) is 15.6. The lowest BCUT2D eigenvalue weighted by molar-refractivity contribution is -0.143. The molecule has 10 N–H and O–H groups in total. The molecule has 0 aliphatic rings. The Bertz CT molecular complexity index is 909. The van der Waals surface area contributed by atoms with E-state index in [0.717, 1.165) is 5.56 Å². The molecule has 0 saturated carbocycles. The fourth-order valence-electron chi connectivity index (χ4n) is 3.22. The maximum absolute atomic E-state index is 13.1. The highest BCUT2D eigenvalue weighted by Gasteiger charge is 2.30. The number of benzene rings is 1. The van der Waals surface area contributed by atoms with Crippen molar-refractivity contribution in [1.29, 1.82) is 0 Å². The van der Waals surface area contributed by atoms with Gasteiger partial charge < -0.3 is 38.3 Å². The summed E-state index contributed by atoms with van der Waals surface area (Å²) in [6.45, 7) is 3.61. The van der Waals surface area contributed by atoms with Crippen molar-refractivity contribution in [3.63, 3.8) is 0 Å². The quantitative estimate of drug-likeness (QED) is 0.0599. The Hall–Kier alpha value is -3.32. The molecule has 0 saturated heterocycles. The molecule has 200 valence electrons. The summed E-state index contributed by atoms with van der Waals surface area (Å²) in [5.74, 6) is -3.58. The molecule has 1 aromatic rings. The standard InChI is InChI=1S/C23H37N7O5S/c1-13(2)18(22(34)35)30-21(33)17(12-36)29-20(32)16(11-14-7-4-3-5-8-14)28-19(31)15(24)9-6-10-27-23(25)26/h3-5,7-8,13,15-18,36H,6,9-12,24H2,1-2H3,(H,28,31)(H,29,32)(H,30,33)(H,34,35)(H4,25,26,27). The van der Waals surface area contributed by atoms with Crippen molar-refractivity contribution in [2.45, 2.75) is 57.3 Å². The number of carbonyl (C=O) groups excluding carboxylic acids is 3. The van der Waals surface area contributed by atoms with Gasteiger partial charge in [0.15, 0.2) is 5.96 Å². The van der Waals surface area contributed by atoms with Gasteiger partial charge in [-0.2, -0.15) is 12.6 Å². The van der Waals surface area contributed by atoms with E-state index in [2.05, 4.69) is 33.6 Å². The van der Waals surface area contributed by atoms with Gasteiger partial charge in [-0.25, -0.2) is 4.79 Å². The summed E-state index contributed by atoms with van der Waals surface area (Å²) < 4.78 is 0. The molecule has 1 aromatic carbocycles. The number of aliphatic imine (C=N–C) groups is 1. The number of carboxylic acids is 1. The number of nitrogens with one attached hydrogen (secondary N) is 3. The monoisotopic (exact) mass is 523 g/mol. The SMILES string of the molecule is CC(C)C(NC(=O)C(CS)NC(=O)C(Cc1ccccc1)NC(=O)C(N)CCCN=C(N)N)C(=O)O. The zero-order valence-electron chi connectivity index (χ0n) is 20.5. The molecule has 0 radical (unpaired) electrons. The number of aliphatic carboxylic acids is 1. The van der Waals surface area contributed by atoms with Gasteiger partial charge in [0.1, 0.15) is 18.1 Å². The summed E-state index contributed by atoms with van der Waals surface area (Å²) in [7, 11) is 0. The third-order valence-electron chi connectivity index (χ3n) is 5.27. The van der Waals surface area contributed by atoms with Gasteiger partial charge in [0.25, 0.3) is 0 Å². The minimum atomic E-state index is -1.19. The topological polar surface area (TPSA) is 215 Å². The van der Waals surface area contributed by atoms with Gasteiger partial charge in [0.05, 0.1) is 6.04 Å². The molecule has 0 aromatic heterocycles. The van der Waals surface area contributed by atoms with E-state index in [1.165, 1.54) is 0 Å². The third-order valence-corrected chi connectivity index (χ3v) is 5.63. The van der Waals surface area contributed by atoms with E-state index in [1.54, 1.807) is 38.1 Å². The summed E-state index contributed by atoms with van der Waals surface area (Å²) in [6.07, 6.45) is 0.893. The largest absolute Gasteiger partial charge is 0.480 e. The number of hydrogen-bond acceptors (Lipinski definition) is 7. The van der Waals surface area contributed by atoms with Crippen LogP contribution in [-0.4, -0.2) is 71.2 Å². The molecule has 0 heterocycles. The van der Waals surface area contributed by atoms with E-state index in [9.17, 15) is 24.3 Å². The van der Waals surface area contributed by atoms with Crippen LogP contribution < -0.4 is 33.2 Å². The molecule has 1 rings (SSSR count). The van der Waals surface area contributed by atoms with Crippen molar-refractivity contribution in [2.75, 3.05) is 12.3 Å². The van der Waals surface area contributed by atoms with Crippen molar-refractivity contribution in [3.8, 4) is 0 Å². The molecule has 36 heavy (non-hydrogen) atoms. The third kappa shape index (κ3) is 11.0. The lowest BCUT2D eigenvalue weighted by Gasteiger charge is -2.25. The maximum Gasteiger partial charge on any atom is 0.326 e. The molecule has 0 spiro atoms. The van der Waals surface area contributed by atoms with Crippen LogP contribution in [-0.2, 0) is 25.6 Å². The molecular formula is C23H37N7O5S.